The zero-order valence-electron chi connectivity index (χ0n) is 17.3. The number of hydrogen-bond acceptors (Lipinski definition) is 7. The number of hydrogen-bond donors (Lipinski definition) is 1. The Morgan fingerprint density at radius 2 is 1.90 bits per heavy atom. The first-order valence-electron chi connectivity index (χ1n) is 9.40. The second kappa shape index (κ2) is 8.16. The Bertz CT molecular complexity index is 1250. The van der Waals surface area contributed by atoms with Crippen LogP contribution in [0.25, 0.3) is 15.5 Å². The van der Waals surface area contributed by atoms with Gasteiger partial charge in [-0.15, -0.1) is 10.2 Å². The second-order valence-electron chi connectivity index (χ2n) is 7.28. The van der Waals surface area contributed by atoms with Gasteiger partial charge in [-0.3, -0.25) is 4.79 Å². The summed E-state index contributed by atoms with van der Waals surface area (Å²) in [6.45, 7) is 5.23. The van der Waals surface area contributed by atoms with E-state index in [0.29, 0.717) is 33.0 Å². The maximum absolute atomic E-state index is 13.0. The van der Waals surface area contributed by atoms with E-state index in [0.717, 1.165) is 10.6 Å². The number of benzene rings is 2. The first-order valence-corrected chi connectivity index (χ1v) is 10.6. The zero-order valence-corrected chi connectivity index (χ0v) is 18.9. The molecule has 0 atom stereocenters. The van der Waals surface area contributed by atoms with E-state index < -0.39 is 5.60 Å². The van der Waals surface area contributed by atoms with Crippen molar-refractivity contribution < 1.29 is 14.3 Å². The molecule has 0 aliphatic carbocycles. The van der Waals surface area contributed by atoms with Gasteiger partial charge >= 0.3 is 0 Å². The summed E-state index contributed by atoms with van der Waals surface area (Å²) in [6, 6.07) is 12.3. The van der Waals surface area contributed by atoms with Crippen LogP contribution in [-0.2, 0) is 4.79 Å². The van der Waals surface area contributed by atoms with Crippen LogP contribution < -0.4 is 14.8 Å². The number of fused-ring (bicyclic) bond motifs is 1. The Balaban J connectivity index is 1.59. The summed E-state index contributed by atoms with van der Waals surface area (Å²) in [5.74, 6) is 1.45. The smallest absolute Gasteiger partial charge is 0.268 e. The average molecular weight is 458 g/mol. The van der Waals surface area contributed by atoms with Crippen LogP contribution >= 0.6 is 22.9 Å². The van der Waals surface area contributed by atoms with E-state index >= 15 is 0 Å². The van der Waals surface area contributed by atoms with Gasteiger partial charge in [0.15, 0.2) is 11.4 Å². The van der Waals surface area contributed by atoms with Crippen molar-refractivity contribution in [3.05, 3.63) is 53.3 Å². The van der Waals surface area contributed by atoms with Crippen molar-refractivity contribution >= 4 is 39.5 Å². The van der Waals surface area contributed by atoms with Gasteiger partial charge in [-0.2, -0.15) is 9.61 Å². The van der Waals surface area contributed by atoms with Gasteiger partial charge < -0.3 is 14.8 Å². The molecule has 10 heteroatoms. The highest BCUT2D eigenvalue weighted by atomic mass is 35.5. The highest BCUT2D eigenvalue weighted by Gasteiger charge is 2.31. The Morgan fingerprint density at radius 3 is 2.58 bits per heavy atom. The number of aromatic nitrogens is 4. The topological polar surface area (TPSA) is 90.6 Å². The van der Waals surface area contributed by atoms with Gasteiger partial charge in [-0.25, -0.2) is 0 Å². The SMILES string of the molecule is COc1ccc(-c2nn3c(C)nnc3s2)cc1NC(=O)C(C)(C)Oc1ccc(Cl)cc1. The van der Waals surface area contributed by atoms with Crippen LogP contribution in [0.15, 0.2) is 42.5 Å². The maximum atomic E-state index is 13.0. The summed E-state index contributed by atoms with van der Waals surface area (Å²) >= 11 is 7.33. The highest BCUT2D eigenvalue weighted by Crippen LogP contribution is 2.33. The van der Waals surface area contributed by atoms with E-state index in [4.69, 9.17) is 21.1 Å². The van der Waals surface area contributed by atoms with Gasteiger partial charge in [0.1, 0.15) is 16.5 Å². The van der Waals surface area contributed by atoms with Crippen LogP contribution in [0.4, 0.5) is 5.69 Å². The molecule has 0 radical (unpaired) electrons. The number of nitrogens with one attached hydrogen (secondary N) is 1. The third-order valence-electron chi connectivity index (χ3n) is 4.57. The number of carbonyl (C=O) groups excluding carboxylic acids is 1. The van der Waals surface area contributed by atoms with Crippen molar-refractivity contribution in [1.82, 2.24) is 19.8 Å². The molecule has 0 unspecified atom stereocenters. The van der Waals surface area contributed by atoms with Gasteiger partial charge in [0.2, 0.25) is 4.96 Å². The summed E-state index contributed by atoms with van der Waals surface area (Å²) in [6.07, 6.45) is 0. The fourth-order valence-corrected chi connectivity index (χ4v) is 3.89. The predicted molar refractivity (Wildman–Crippen MR) is 120 cm³/mol. The number of rotatable bonds is 6. The molecule has 0 bridgehead atoms. The van der Waals surface area contributed by atoms with E-state index in [1.807, 2.05) is 19.1 Å². The molecule has 2 aromatic carbocycles. The van der Waals surface area contributed by atoms with Crippen LogP contribution in [0, 0.1) is 6.92 Å². The third kappa shape index (κ3) is 4.33. The highest BCUT2D eigenvalue weighted by molar-refractivity contribution is 7.19. The van der Waals surface area contributed by atoms with Gasteiger partial charge in [-0.05, 0) is 63.2 Å². The number of carbonyl (C=O) groups is 1. The summed E-state index contributed by atoms with van der Waals surface area (Å²) < 4.78 is 13.0. The molecule has 2 aromatic heterocycles. The molecule has 0 spiro atoms. The van der Waals surface area contributed by atoms with E-state index in [2.05, 4.69) is 20.6 Å². The minimum absolute atomic E-state index is 0.327. The normalized spacial score (nSPS) is 11.5. The molecule has 0 aliphatic heterocycles. The lowest BCUT2D eigenvalue weighted by Gasteiger charge is -2.26. The lowest BCUT2D eigenvalue weighted by molar-refractivity contribution is -0.128. The Morgan fingerprint density at radius 1 is 1.16 bits per heavy atom. The minimum Gasteiger partial charge on any atom is -0.495 e. The van der Waals surface area contributed by atoms with Crippen molar-refractivity contribution in [1.29, 1.82) is 0 Å². The van der Waals surface area contributed by atoms with Gasteiger partial charge in [0, 0.05) is 10.6 Å². The van der Waals surface area contributed by atoms with E-state index in [-0.39, 0.29) is 5.91 Å². The van der Waals surface area contributed by atoms with Crippen molar-refractivity contribution in [3.8, 4) is 22.1 Å². The molecule has 1 N–H and O–H groups in total. The number of halogens is 1. The van der Waals surface area contributed by atoms with Crippen LogP contribution in [0.1, 0.15) is 19.7 Å². The van der Waals surface area contributed by atoms with E-state index in [1.54, 1.807) is 55.8 Å². The molecule has 0 saturated heterocycles. The van der Waals surface area contributed by atoms with Crippen LogP contribution in [0.2, 0.25) is 5.02 Å². The van der Waals surface area contributed by atoms with Gasteiger partial charge in [0.05, 0.1) is 12.8 Å². The van der Waals surface area contributed by atoms with E-state index in [1.165, 1.54) is 11.3 Å². The Kier molecular flexibility index (Phi) is 5.55. The molecule has 1 amide bonds. The second-order valence-corrected chi connectivity index (χ2v) is 8.68. The van der Waals surface area contributed by atoms with Crippen LogP contribution in [-0.4, -0.2) is 38.4 Å². The fourth-order valence-electron chi connectivity index (χ4n) is 2.89. The Labute approximate surface area is 187 Å². The summed E-state index contributed by atoms with van der Waals surface area (Å²) in [5.41, 5.74) is 0.197. The molecule has 0 fully saturated rings. The van der Waals surface area contributed by atoms with Crippen LogP contribution in [0.3, 0.4) is 0 Å². The molecule has 31 heavy (non-hydrogen) atoms. The molecule has 0 saturated carbocycles. The maximum Gasteiger partial charge on any atom is 0.268 e. The average Bonchev–Trinajstić information content (AvgIpc) is 3.31. The predicted octanol–water partition coefficient (Wildman–Crippen LogP) is 4.62. The zero-order chi connectivity index (χ0) is 22.2. The quantitative estimate of drug-likeness (QED) is 0.454. The summed E-state index contributed by atoms with van der Waals surface area (Å²) in [5, 5.41) is 16.9. The monoisotopic (exact) mass is 457 g/mol. The van der Waals surface area contributed by atoms with Crippen molar-refractivity contribution in [2.75, 3.05) is 12.4 Å². The number of ether oxygens (including phenoxy) is 2. The van der Waals surface area contributed by atoms with Gasteiger partial charge in [0.25, 0.3) is 5.91 Å². The number of methoxy groups -OCH3 is 1. The van der Waals surface area contributed by atoms with Crippen molar-refractivity contribution in [2.24, 2.45) is 0 Å². The first-order chi connectivity index (χ1) is 14.8. The first kappa shape index (κ1) is 21.1. The number of nitrogens with zero attached hydrogens (tertiary/aromatic N) is 4. The molecule has 0 aliphatic rings. The minimum atomic E-state index is -1.14. The molecule has 2 heterocycles. The molecular formula is C21H20ClN5O3S. The van der Waals surface area contributed by atoms with Gasteiger partial charge in [-0.1, -0.05) is 22.9 Å². The Hall–Kier alpha value is -3.17. The number of anilines is 1. The largest absolute Gasteiger partial charge is 0.495 e. The van der Waals surface area contributed by atoms with Crippen molar-refractivity contribution in [3.63, 3.8) is 0 Å². The van der Waals surface area contributed by atoms with Crippen molar-refractivity contribution in [2.45, 2.75) is 26.4 Å². The standard InChI is InChI=1S/C21H20ClN5O3S/c1-12-24-25-20-27(12)26-18(31-20)13-5-10-17(29-4)16(11-13)23-19(28)21(2,3)30-15-8-6-14(22)7-9-15/h5-11H,1-4H3,(H,23,28). The molecular weight excluding hydrogens is 438 g/mol. The third-order valence-corrected chi connectivity index (χ3v) is 5.77. The van der Waals surface area contributed by atoms with E-state index in [9.17, 15) is 4.79 Å². The number of amides is 1. The molecule has 160 valence electrons. The molecule has 8 nitrogen and oxygen atoms in total. The summed E-state index contributed by atoms with van der Waals surface area (Å²) in [4.78, 5) is 13.7. The number of aryl methyl sites for hydroxylation is 1. The summed E-state index contributed by atoms with van der Waals surface area (Å²) in [7, 11) is 1.55. The lowest BCUT2D eigenvalue weighted by Crippen LogP contribution is -2.42. The lowest BCUT2D eigenvalue weighted by atomic mass is 10.1. The molecule has 4 aromatic rings. The molecule has 4 rings (SSSR count). The van der Waals surface area contributed by atoms with Crippen LogP contribution in [0.5, 0.6) is 11.5 Å². The fraction of sp³-hybridized carbons (Fsp3) is 0.238.